The van der Waals surface area contributed by atoms with E-state index in [0.29, 0.717) is 6.04 Å². The van der Waals surface area contributed by atoms with Gasteiger partial charge in [-0.1, -0.05) is 29.8 Å². The molecule has 1 aromatic heterocycles. The summed E-state index contributed by atoms with van der Waals surface area (Å²) in [5.74, 6) is 0. The number of hydrogen-bond donors (Lipinski definition) is 1. The molecule has 2 nitrogen and oxygen atoms in total. The van der Waals surface area contributed by atoms with Gasteiger partial charge in [0.05, 0.1) is 11.7 Å². The number of aryl methyl sites for hydroxylation is 1. The van der Waals surface area contributed by atoms with Crippen LogP contribution in [0.1, 0.15) is 48.7 Å². The number of aromatic nitrogens is 1. The summed E-state index contributed by atoms with van der Waals surface area (Å²) in [6.45, 7) is 2.18. The van der Waals surface area contributed by atoms with E-state index in [4.69, 9.17) is 11.6 Å². The second kappa shape index (κ2) is 5.94. The molecule has 0 aliphatic heterocycles. The molecule has 1 aliphatic rings. The Balaban J connectivity index is 1.79. The Morgan fingerprint density at radius 2 is 2.20 bits per heavy atom. The van der Waals surface area contributed by atoms with Gasteiger partial charge < -0.3 is 5.32 Å². The summed E-state index contributed by atoms with van der Waals surface area (Å²) in [4.78, 5) is 4.58. The fourth-order valence-electron chi connectivity index (χ4n) is 2.95. The normalized spacial score (nSPS) is 19.4. The number of fused-ring (bicyclic) bond motifs is 1. The van der Waals surface area contributed by atoms with Crippen LogP contribution >= 0.6 is 11.6 Å². The maximum Gasteiger partial charge on any atom is 0.0605 e. The second-order valence-corrected chi connectivity index (χ2v) is 5.87. The molecule has 1 heterocycles. The number of benzene rings is 1. The molecule has 0 saturated heterocycles. The Bertz CT molecular complexity index is 597. The Kier molecular flexibility index (Phi) is 4.04. The zero-order valence-corrected chi connectivity index (χ0v) is 12.4. The number of rotatable bonds is 3. The summed E-state index contributed by atoms with van der Waals surface area (Å²) in [7, 11) is 0. The van der Waals surface area contributed by atoms with Crippen LogP contribution in [-0.2, 0) is 6.42 Å². The third-order valence-corrected chi connectivity index (χ3v) is 4.23. The van der Waals surface area contributed by atoms with Crippen molar-refractivity contribution < 1.29 is 0 Å². The van der Waals surface area contributed by atoms with E-state index in [2.05, 4.69) is 29.4 Å². The van der Waals surface area contributed by atoms with Crippen molar-refractivity contribution in [3.8, 4) is 0 Å². The zero-order valence-electron chi connectivity index (χ0n) is 11.6. The summed E-state index contributed by atoms with van der Waals surface area (Å²) >= 11 is 6.07. The van der Waals surface area contributed by atoms with E-state index in [1.807, 2.05) is 30.5 Å². The highest BCUT2D eigenvalue weighted by Gasteiger charge is 2.22. The van der Waals surface area contributed by atoms with Crippen molar-refractivity contribution in [1.29, 1.82) is 0 Å². The number of pyridine rings is 1. The number of nitrogens with one attached hydrogen (secondary N) is 1. The quantitative estimate of drug-likeness (QED) is 0.901. The molecule has 0 amide bonds. The molecule has 104 valence electrons. The van der Waals surface area contributed by atoms with Crippen molar-refractivity contribution in [2.45, 2.75) is 38.3 Å². The molecule has 0 bridgehead atoms. The van der Waals surface area contributed by atoms with Crippen molar-refractivity contribution in [2.75, 3.05) is 0 Å². The van der Waals surface area contributed by atoms with Crippen LogP contribution in [0.3, 0.4) is 0 Å². The Morgan fingerprint density at radius 3 is 3.05 bits per heavy atom. The fraction of sp³-hybridized carbons (Fsp3) is 0.353. The van der Waals surface area contributed by atoms with Crippen molar-refractivity contribution in [1.82, 2.24) is 10.3 Å². The van der Waals surface area contributed by atoms with Gasteiger partial charge in [-0.05, 0) is 55.5 Å². The number of hydrogen-bond acceptors (Lipinski definition) is 2. The minimum Gasteiger partial charge on any atom is -0.302 e. The van der Waals surface area contributed by atoms with Gasteiger partial charge in [-0.15, -0.1) is 0 Å². The molecule has 0 saturated carbocycles. The van der Waals surface area contributed by atoms with Gasteiger partial charge in [0.2, 0.25) is 0 Å². The maximum absolute atomic E-state index is 6.07. The van der Waals surface area contributed by atoms with Gasteiger partial charge in [0, 0.05) is 17.3 Å². The largest absolute Gasteiger partial charge is 0.302 e. The van der Waals surface area contributed by atoms with Gasteiger partial charge in [0.25, 0.3) is 0 Å². The summed E-state index contributed by atoms with van der Waals surface area (Å²) in [5, 5.41) is 4.49. The first-order chi connectivity index (χ1) is 9.74. The highest BCUT2D eigenvalue weighted by atomic mass is 35.5. The predicted molar refractivity (Wildman–Crippen MR) is 82.9 cm³/mol. The lowest BCUT2D eigenvalue weighted by molar-refractivity contribution is 0.406. The van der Waals surface area contributed by atoms with E-state index >= 15 is 0 Å². The smallest absolute Gasteiger partial charge is 0.0605 e. The van der Waals surface area contributed by atoms with Crippen LogP contribution < -0.4 is 5.32 Å². The number of nitrogens with zero attached hydrogens (tertiary/aromatic N) is 1. The molecular formula is C17H19ClN2. The molecule has 2 aromatic rings. The van der Waals surface area contributed by atoms with E-state index in [1.165, 1.54) is 23.2 Å². The third-order valence-electron chi connectivity index (χ3n) is 3.99. The van der Waals surface area contributed by atoms with E-state index in [9.17, 15) is 0 Å². The lowest BCUT2D eigenvalue weighted by Crippen LogP contribution is -2.28. The average molecular weight is 287 g/mol. The van der Waals surface area contributed by atoms with E-state index < -0.39 is 0 Å². The molecule has 20 heavy (non-hydrogen) atoms. The van der Waals surface area contributed by atoms with Crippen LogP contribution in [0.4, 0.5) is 0 Å². The lowest BCUT2D eigenvalue weighted by Gasteiger charge is -2.28. The molecule has 0 spiro atoms. The summed E-state index contributed by atoms with van der Waals surface area (Å²) in [6.07, 6.45) is 5.41. The molecular weight excluding hydrogens is 268 g/mol. The first-order valence-electron chi connectivity index (χ1n) is 7.19. The van der Waals surface area contributed by atoms with Crippen molar-refractivity contribution in [3.05, 3.63) is 64.4 Å². The maximum atomic E-state index is 6.07. The molecule has 3 rings (SSSR count). The van der Waals surface area contributed by atoms with Gasteiger partial charge in [-0.25, -0.2) is 0 Å². The van der Waals surface area contributed by atoms with Crippen LogP contribution in [0.25, 0.3) is 0 Å². The monoisotopic (exact) mass is 286 g/mol. The Labute approximate surface area is 125 Å². The first-order valence-corrected chi connectivity index (χ1v) is 7.57. The van der Waals surface area contributed by atoms with Crippen LogP contribution in [0.5, 0.6) is 0 Å². The standard InChI is InChI=1S/C17H19ClN2/c1-12(14-6-2-8-15(18)11-14)20-16-9-3-5-13-7-4-10-19-17(13)16/h2,4,6-8,10-12,16,20H,3,5,9H2,1H3/t12-,16?/m0/s1. The molecule has 2 atom stereocenters. The van der Waals surface area contributed by atoms with Gasteiger partial charge in [-0.3, -0.25) is 4.98 Å². The first kappa shape index (κ1) is 13.6. The fourth-order valence-corrected chi connectivity index (χ4v) is 3.14. The average Bonchev–Trinajstić information content (AvgIpc) is 2.47. The lowest BCUT2D eigenvalue weighted by atomic mass is 9.91. The van der Waals surface area contributed by atoms with Crippen LogP contribution in [0.2, 0.25) is 5.02 Å². The topological polar surface area (TPSA) is 24.9 Å². The van der Waals surface area contributed by atoms with Crippen molar-refractivity contribution in [3.63, 3.8) is 0 Å². The van der Waals surface area contributed by atoms with Crippen LogP contribution in [-0.4, -0.2) is 4.98 Å². The summed E-state index contributed by atoms with van der Waals surface area (Å²) < 4.78 is 0. The van der Waals surface area contributed by atoms with Gasteiger partial charge in [-0.2, -0.15) is 0 Å². The summed E-state index contributed by atoms with van der Waals surface area (Å²) in [5.41, 5.74) is 3.82. The molecule has 1 aromatic carbocycles. The van der Waals surface area contributed by atoms with E-state index in [0.717, 1.165) is 17.9 Å². The number of halogens is 1. The Morgan fingerprint density at radius 1 is 1.30 bits per heavy atom. The SMILES string of the molecule is C[C@H](NC1CCCc2cccnc21)c1cccc(Cl)c1. The molecule has 1 aliphatic carbocycles. The molecule has 0 radical (unpaired) electrons. The van der Waals surface area contributed by atoms with E-state index in [-0.39, 0.29) is 6.04 Å². The minimum absolute atomic E-state index is 0.270. The van der Waals surface area contributed by atoms with Gasteiger partial charge in [0.1, 0.15) is 0 Å². The molecule has 3 heteroatoms. The van der Waals surface area contributed by atoms with Crippen LogP contribution in [0.15, 0.2) is 42.6 Å². The van der Waals surface area contributed by atoms with Gasteiger partial charge in [0.15, 0.2) is 0 Å². The third kappa shape index (κ3) is 2.87. The highest BCUT2D eigenvalue weighted by molar-refractivity contribution is 6.30. The Hall–Kier alpha value is -1.38. The van der Waals surface area contributed by atoms with Crippen molar-refractivity contribution >= 4 is 11.6 Å². The second-order valence-electron chi connectivity index (χ2n) is 5.44. The predicted octanol–water partition coefficient (Wildman–Crippen LogP) is 4.46. The molecule has 1 N–H and O–H groups in total. The van der Waals surface area contributed by atoms with Crippen molar-refractivity contribution in [2.24, 2.45) is 0 Å². The minimum atomic E-state index is 0.270. The highest BCUT2D eigenvalue weighted by Crippen LogP contribution is 2.30. The summed E-state index contributed by atoms with van der Waals surface area (Å²) in [6, 6.07) is 12.9. The van der Waals surface area contributed by atoms with Gasteiger partial charge >= 0.3 is 0 Å². The molecule has 0 fully saturated rings. The van der Waals surface area contributed by atoms with E-state index in [1.54, 1.807) is 0 Å². The zero-order chi connectivity index (χ0) is 13.9. The molecule has 1 unspecified atom stereocenters. The van der Waals surface area contributed by atoms with Crippen LogP contribution in [0, 0.1) is 0 Å².